The predicted molar refractivity (Wildman–Crippen MR) is 104 cm³/mol. The average molecular weight is 403 g/mol. The zero-order chi connectivity index (χ0) is 19.9. The summed E-state index contributed by atoms with van der Waals surface area (Å²) in [5.74, 6) is 0.993. The smallest absolute Gasteiger partial charge is 0.212 e. The van der Waals surface area contributed by atoms with Gasteiger partial charge >= 0.3 is 0 Å². The van der Waals surface area contributed by atoms with Crippen LogP contribution in [0.4, 0.5) is 0 Å². The van der Waals surface area contributed by atoms with E-state index < -0.39 is 5.97 Å². The number of ether oxygens (including phenoxy) is 2. The summed E-state index contributed by atoms with van der Waals surface area (Å²) in [4.78, 5) is 10.9. The van der Waals surface area contributed by atoms with Gasteiger partial charge in [-0.15, -0.1) is 10.2 Å². The second-order valence-electron chi connectivity index (χ2n) is 6.50. The SMILES string of the molecule is COc1ccc(/C=N\n2c(SCC(=O)[O-])nnc2C2CCCCC2)c(OC)c1. The summed E-state index contributed by atoms with van der Waals surface area (Å²) in [7, 11) is 3.18. The monoisotopic (exact) mass is 403 g/mol. The van der Waals surface area contributed by atoms with Crippen molar-refractivity contribution in [2.24, 2.45) is 5.10 Å². The highest BCUT2D eigenvalue weighted by atomic mass is 32.2. The maximum atomic E-state index is 10.9. The molecule has 8 nitrogen and oxygen atoms in total. The van der Waals surface area contributed by atoms with Gasteiger partial charge in [-0.25, -0.2) is 0 Å². The van der Waals surface area contributed by atoms with Crippen LogP contribution in [0.1, 0.15) is 49.4 Å². The summed E-state index contributed by atoms with van der Waals surface area (Å²) in [5, 5.41) is 24.3. The fraction of sp³-hybridized carbons (Fsp3) is 0.474. The molecule has 1 aromatic heterocycles. The number of hydrogen-bond donors (Lipinski definition) is 0. The number of methoxy groups -OCH3 is 2. The number of carbonyl (C=O) groups is 1. The molecule has 28 heavy (non-hydrogen) atoms. The molecule has 1 aliphatic rings. The fourth-order valence-corrected chi connectivity index (χ4v) is 3.87. The van der Waals surface area contributed by atoms with Crippen molar-refractivity contribution < 1.29 is 19.4 Å². The van der Waals surface area contributed by atoms with Crippen molar-refractivity contribution in [3.05, 3.63) is 29.6 Å². The minimum absolute atomic E-state index is 0.204. The van der Waals surface area contributed by atoms with Crippen molar-refractivity contribution in [3.8, 4) is 11.5 Å². The van der Waals surface area contributed by atoms with Gasteiger partial charge in [0.1, 0.15) is 11.5 Å². The van der Waals surface area contributed by atoms with Crippen LogP contribution in [-0.2, 0) is 4.79 Å². The highest BCUT2D eigenvalue weighted by Crippen LogP contribution is 2.33. The second-order valence-corrected chi connectivity index (χ2v) is 7.44. The lowest BCUT2D eigenvalue weighted by Crippen LogP contribution is -2.24. The molecule has 1 aromatic carbocycles. The van der Waals surface area contributed by atoms with E-state index in [1.54, 1.807) is 31.2 Å². The molecule has 0 N–H and O–H groups in total. The Labute approximate surface area is 167 Å². The Balaban J connectivity index is 1.92. The molecule has 0 unspecified atom stereocenters. The van der Waals surface area contributed by atoms with Crippen LogP contribution in [0.25, 0.3) is 0 Å². The van der Waals surface area contributed by atoms with E-state index in [-0.39, 0.29) is 11.7 Å². The third-order valence-electron chi connectivity index (χ3n) is 4.68. The first kappa shape index (κ1) is 20.2. The fourth-order valence-electron chi connectivity index (χ4n) is 3.26. The molecule has 1 heterocycles. The molecule has 0 bridgehead atoms. The number of aromatic nitrogens is 3. The molecule has 0 atom stereocenters. The molecule has 1 fully saturated rings. The number of thioether (sulfide) groups is 1. The van der Waals surface area contributed by atoms with E-state index in [4.69, 9.17) is 9.47 Å². The van der Waals surface area contributed by atoms with Crippen molar-refractivity contribution >= 4 is 23.9 Å². The van der Waals surface area contributed by atoms with E-state index in [1.807, 2.05) is 12.1 Å². The largest absolute Gasteiger partial charge is 0.549 e. The maximum Gasteiger partial charge on any atom is 0.212 e. The van der Waals surface area contributed by atoms with Crippen LogP contribution < -0.4 is 14.6 Å². The summed E-state index contributed by atoms with van der Waals surface area (Å²) in [6, 6.07) is 5.45. The molecule has 1 saturated carbocycles. The van der Waals surface area contributed by atoms with Gasteiger partial charge in [-0.05, 0) is 25.0 Å². The Kier molecular flexibility index (Phi) is 6.91. The van der Waals surface area contributed by atoms with E-state index in [9.17, 15) is 9.90 Å². The third kappa shape index (κ3) is 4.83. The highest BCUT2D eigenvalue weighted by molar-refractivity contribution is 7.99. The molecule has 9 heteroatoms. The summed E-state index contributed by atoms with van der Waals surface area (Å²) in [5.41, 5.74) is 0.766. The maximum absolute atomic E-state index is 10.9. The molecule has 0 amide bonds. The molecular formula is C19H23N4O4S-. The molecule has 150 valence electrons. The van der Waals surface area contributed by atoms with Gasteiger partial charge < -0.3 is 19.4 Å². The molecule has 1 aliphatic carbocycles. The minimum Gasteiger partial charge on any atom is -0.549 e. The summed E-state index contributed by atoms with van der Waals surface area (Å²) in [6.45, 7) is 0. The Morgan fingerprint density at radius 2 is 2.07 bits per heavy atom. The van der Waals surface area contributed by atoms with Crippen LogP contribution in [0.15, 0.2) is 28.5 Å². The topological polar surface area (TPSA) is 102 Å². The Morgan fingerprint density at radius 1 is 1.29 bits per heavy atom. The van der Waals surface area contributed by atoms with Crippen LogP contribution in [0.3, 0.4) is 0 Å². The normalized spacial score (nSPS) is 15.1. The number of carbonyl (C=O) groups excluding carboxylic acids is 1. The second kappa shape index (κ2) is 9.59. The van der Waals surface area contributed by atoms with Gasteiger partial charge in [0.05, 0.1) is 26.4 Å². The van der Waals surface area contributed by atoms with Crippen molar-refractivity contribution in [1.82, 2.24) is 14.9 Å². The van der Waals surface area contributed by atoms with Crippen LogP contribution in [0.5, 0.6) is 11.5 Å². The zero-order valence-electron chi connectivity index (χ0n) is 16.0. The molecule has 2 aromatic rings. The van der Waals surface area contributed by atoms with E-state index in [1.165, 1.54) is 6.42 Å². The molecule has 0 saturated heterocycles. The molecule has 0 aliphatic heterocycles. The lowest BCUT2D eigenvalue weighted by atomic mass is 9.89. The van der Waals surface area contributed by atoms with Gasteiger partial charge in [0.2, 0.25) is 5.16 Å². The summed E-state index contributed by atoms with van der Waals surface area (Å²) < 4.78 is 12.3. The molecular weight excluding hydrogens is 380 g/mol. The first-order valence-corrected chi connectivity index (χ1v) is 10.1. The summed E-state index contributed by atoms with van der Waals surface area (Å²) >= 11 is 1.05. The predicted octanol–water partition coefficient (Wildman–Crippen LogP) is 2.07. The van der Waals surface area contributed by atoms with Crippen LogP contribution >= 0.6 is 11.8 Å². The quantitative estimate of drug-likeness (QED) is 0.491. The van der Waals surface area contributed by atoms with Gasteiger partial charge in [-0.1, -0.05) is 31.0 Å². The number of benzene rings is 1. The Morgan fingerprint density at radius 3 is 2.75 bits per heavy atom. The minimum atomic E-state index is -1.15. The number of carboxylic acid groups (broad SMARTS) is 1. The van der Waals surface area contributed by atoms with Crippen molar-refractivity contribution in [3.63, 3.8) is 0 Å². The van der Waals surface area contributed by atoms with Gasteiger partial charge in [0.15, 0.2) is 5.82 Å². The highest BCUT2D eigenvalue weighted by Gasteiger charge is 2.23. The number of carboxylic acids is 1. The Bertz CT molecular complexity index is 846. The zero-order valence-corrected chi connectivity index (χ0v) is 16.8. The van der Waals surface area contributed by atoms with Crippen LogP contribution in [0.2, 0.25) is 0 Å². The molecule has 3 rings (SSSR count). The van der Waals surface area contributed by atoms with Crippen molar-refractivity contribution in [2.45, 2.75) is 43.2 Å². The van der Waals surface area contributed by atoms with Crippen molar-refractivity contribution in [1.29, 1.82) is 0 Å². The van der Waals surface area contributed by atoms with Crippen LogP contribution in [0, 0.1) is 0 Å². The molecule has 0 spiro atoms. The number of rotatable bonds is 8. The first-order valence-electron chi connectivity index (χ1n) is 9.16. The number of aliphatic carboxylic acids is 1. The van der Waals surface area contributed by atoms with Gasteiger partial charge in [0.25, 0.3) is 0 Å². The van der Waals surface area contributed by atoms with E-state index in [0.717, 1.165) is 48.8 Å². The third-order valence-corrected chi connectivity index (χ3v) is 5.57. The standard InChI is InChI=1S/C19H24N4O4S/c1-26-15-9-8-14(16(10-15)27-2)11-20-23-18(13-6-4-3-5-7-13)21-22-19(23)28-12-17(24)25/h8-11,13H,3-7,12H2,1-2H3,(H,24,25)/p-1/b20-11-. The van der Waals surface area contributed by atoms with Crippen LogP contribution in [-0.4, -0.2) is 47.0 Å². The van der Waals surface area contributed by atoms with E-state index >= 15 is 0 Å². The lowest BCUT2D eigenvalue weighted by Gasteiger charge is -2.20. The number of nitrogens with zero attached hydrogens (tertiary/aromatic N) is 4. The van der Waals surface area contributed by atoms with Gasteiger partial charge in [-0.3, -0.25) is 0 Å². The molecule has 0 radical (unpaired) electrons. The van der Waals surface area contributed by atoms with Crippen molar-refractivity contribution in [2.75, 3.05) is 20.0 Å². The lowest BCUT2D eigenvalue weighted by molar-refractivity contribution is -0.301. The van der Waals surface area contributed by atoms with E-state index in [2.05, 4.69) is 15.3 Å². The first-order chi connectivity index (χ1) is 13.6. The number of hydrogen-bond acceptors (Lipinski definition) is 8. The van der Waals surface area contributed by atoms with Gasteiger partial charge in [-0.2, -0.15) is 9.78 Å². The Hall–Kier alpha value is -2.55. The summed E-state index contributed by atoms with van der Waals surface area (Å²) in [6.07, 6.45) is 7.25. The average Bonchev–Trinajstić information content (AvgIpc) is 3.14. The van der Waals surface area contributed by atoms with Gasteiger partial charge in [0, 0.05) is 23.3 Å². The van der Waals surface area contributed by atoms with E-state index in [0.29, 0.717) is 16.7 Å².